The lowest BCUT2D eigenvalue weighted by Gasteiger charge is -2.24. The van der Waals surface area contributed by atoms with E-state index in [1.807, 2.05) is 19.1 Å². The number of hydrogen-bond donors (Lipinski definition) is 0. The molecule has 0 spiro atoms. The first-order chi connectivity index (χ1) is 14.1. The predicted molar refractivity (Wildman–Crippen MR) is 108 cm³/mol. The van der Waals surface area contributed by atoms with Gasteiger partial charge in [0, 0.05) is 6.42 Å². The Morgan fingerprint density at radius 3 is 2.47 bits per heavy atom. The Morgan fingerprint density at radius 2 is 1.93 bits per heavy atom. The highest BCUT2D eigenvalue weighted by molar-refractivity contribution is 7.85. The van der Waals surface area contributed by atoms with E-state index >= 15 is 0 Å². The quantitative estimate of drug-likeness (QED) is 0.366. The molecule has 2 bridgehead atoms. The van der Waals surface area contributed by atoms with Crippen molar-refractivity contribution in [2.24, 2.45) is 35.5 Å². The minimum Gasteiger partial charge on any atom is -0.469 e. The molecule has 1 aliphatic heterocycles. The number of esters is 1. The van der Waals surface area contributed by atoms with Crippen LogP contribution < -0.4 is 0 Å². The third-order valence-electron chi connectivity index (χ3n) is 6.89. The fourth-order valence-electron chi connectivity index (χ4n) is 5.49. The number of hydroxylamine groups is 2. The van der Waals surface area contributed by atoms with Crippen LogP contribution >= 0.6 is 0 Å². The molecule has 4 aliphatic rings. The van der Waals surface area contributed by atoms with Gasteiger partial charge < -0.3 is 4.74 Å². The number of carbonyl (C=O) groups excluding carboxylic acids is 3. The van der Waals surface area contributed by atoms with E-state index in [0.29, 0.717) is 23.8 Å². The van der Waals surface area contributed by atoms with Crippen LogP contribution in [0.5, 0.6) is 0 Å². The summed E-state index contributed by atoms with van der Waals surface area (Å²) in [5.74, 6) is 0.282. The third kappa shape index (κ3) is 4.94. The minimum absolute atomic E-state index is 0.0208. The van der Waals surface area contributed by atoms with Crippen LogP contribution in [-0.2, 0) is 33.5 Å². The molecular weight excluding hydrogens is 410 g/mol. The van der Waals surface area contributed by atoms with Crippen molar-refractivity contribution in [2.45, 2.75) is 51.9 Å². The van der Waals surface area contributed by atoms with Gasteiger partial charge in [-0.25, -0.2) is 0 Å². The molecule has 6 atom stereocenters. The highest BCUT2D eigenvalue weighted by Gasteiger charge is 2.52. The van der Waals surface area contributed by atoms with E-state index in [-0.39, 0.29) is 11.9 Å². The Balaban J connectivity index is 0.000000184. The highest BCUT2D eigenvalue weighted by atomic mass is 32.2. The number of carbonyl (C=O) groups is 3. The van der Waals surface area contributed by atoms with E-state index in [0.717, 1.165) is 24.5 Å². The summed E-state index contributed by atoms with van der Waals surface area (Å²) >= 11 is 0. The first-order valence-electron chi connectivity index (χ1n) is 10.6. The molecule has 0 aromatic carbocycles. The van der Waals surface area contributed by atoms with Gasteiger partial charge in [-0.05, 0) is 55.8 Å². The van der Waals surface area contributed by atoms with Gasteiger partial charge in [-0.3, -0.25) is 14.4 Å². The van der Waals surface area contributed by atoms with Gasteiger partial charge in [0.25, 0.3) is 21.9 Å². The maximum atomic E-state index is 12.1. The van der Waals surface area contributed by atoms with Gasteiger partial charge >= 0.3 is 5.97 Å². The molecule has 9 heteroatoms. The van der Waals surface area contributed by atoms with Crippen molar-refractivity contribution in [1.82, 2.24) is 5.06 Å². The Hall–Kier alpha value is -1.74. The SMILES string of the molecule is CCC1C=CCC2C(=O)N(OS(C)(=O)=O)C(=O)C12.COC(=O)CC1CC2CCC1C2. The summed E-state index contributed by atoms with van der Waals surface area (Å²) in [4.78, 5) is 35.1. The molecule has 8 nitrogen and oxygen atoms in total. The van der Waals surface area contributed by atoms with Crippen molar-refractivity contribution in [3.05, 3.63) is 12.2 Å². The zero-order valence-electron chi connectivity index (χ0n) is 17.8. The molecule has 1 saturated heterocycles. The normalized spacial score (nSPS) is 34.6. The number of amides is 2. The standard InChI is InChI=1S/C11H15NO5S.C10H16O2/c1-3-7-5-4-6-8-9(7)11(14)12(10(8)13)17-18(2,15)16;1-12-10(11)6-9-5-7-2-3-8(9)4-7/h4-5,7-9H,3,6H2,1-2H3;7-9H,2-6H2,1H3. The van der Waals surface area contributed by atoms with Gasteiger partial charge in [0.15, 0.2) is 0 Å². The van der Waals surface area contributed by atoms with Crippen LogP contribution in [0, 0.1) is 35.5 Å². The lowest BCUT2D eigenvalue weighted by atomic mass is 9.76. The van der Waals surface area contributed by atoms with Crippen LogP contribution in [0.3, 0.4) is 0 Å². The first kappa shape index (κ1) is 22.9. The maximum Gasteiger partial charge on any atom is 0.305 e. The summed E-state index contributed by atoms with van der Waals surface area (Å²) in [6.07, 6.45) is 11.8. The first-order valence-corrected chi connectivity index (χ1v) is 12.5. The summed E-state index contributed by atoms with van der Waals surface area (Å²) in [6, 6.07) is 0. The number of rotatable bonds is 5. The average molecular weight is 442 g/mol. The number of imide groups is 1. The van der Waals surface area contributed by atoms with Crippen molar-refractivity contribution in [1.29, 1.82) is 0 Å². The fraction of sp³-hybridized carbons (Fsp3) is 0.762. The van der Waals surface area contributed by atoms with Gasteiger partial charge in [0.1, 0.15) is 0 Å². The average Bonchev–Trinajstić information content (AvgIpc) is 3.38. The molecule has 30 heavy (non-hydrogen) atoms. The fourth-order valence-corrected chi connectivity index (χ4v) is 5.91. The molecule has 4 rings (SSSR count). The van der Waals surface area contributed by atoms with Crippen molar-refractivity contribution >= 4 is 27.9 Å². The monoisotopic (exact) mass is 441 g/mol. The molecule has 3 fully saturated rings. The van der Waals surface area contributed by atoms with Crippen LogP contribution in [-0.4, -0.2) is 44.6 Å². The van der Waals surface area contributed by atoms with Crippen LogP contribution in [0.25, 0.3) is 0 Å². The number of methoxy groups -OCH3 is 1. The van der Waals surface area contributed by atoms with Gasteiger partial charge in [-0.2, -0.15) is 8.42 Å². The number of ether oxygens (including phenoxy) is 1. The highest BCUT2D eigenvalue weighted by Crippen LogP contribution is 2.49. The van der Waals surface area contributed by atoms with Crippen molar-refractivity contribution in [2.75, 3.05) is 13.4 Å². The number of hydrogen-bond acceptors (Lipinski definition) is 7. The van der Waals surface area contributed by atoms with Crippen molar-refractivity contribution in [3.63, 3.8) is 0 Å². The van der Waals surface area contributed by atoms with Crippen LogP contribution in [0.2, 0.25) is 0 Å². The van der Waals surface area contributed by atoms with Crippen LogP contribution in [0.1, 0.15) is 51.9 Å². The number of fused-ring (bicyclic) bond motifs is 3. The Kier molecular flexibility index (Phi) is 7.02. The largest absolute Gasteiger partial charge is 0.469 e. The predicted octanol–water partition coefficient (Wildman–Crippen LogP) is 2.45. The van der Waals surface area contributed by atoms with Gasteiger partial charge in [0.2, 0.25) is 0 Å². The molecular formula is C21H31NO7S. The zero-order valence-corrected chi connectivity index (χ0v) is 18.6. The summed E-state index contributed by atoms with van der Waals surface area (Å²) in [6.45, 7) is 1.93. The van der Waals surface area contributed by atoms with Crippen LogP contribution in [0.15, 0.2) is 12.2 Å². The number of allylic oxidation sites excluding steroid dienone is 2. The van der Waals surface area contributed by atoms with E-state index in [4.69, 9.17) is 0 Å². The molecule has 1 heterocycles. The van der Waals surface area contributed by atoms with E-state index in [1.165, 1.54) is 32.8 Å². The Morgan fingerprint density at radius 1 is 1.20 bits per heavy atom. The Labute approximate surface area is 178 Å². The second-order valence-electron chi connectivity index (χ2n) is 8.83. The summed E-state index contributed by atoms with van der Waals surface area (Å²) in [5.41, 5.74) is 0. The third-order valence-corrected chi connectivity index (χ3v) is 7.31. The molecule has 0 radical (unpaired) electrons. The molecule has 2 saturated carbocycles. The lowest BCUT2D eigenvalue weighted by Crippen LogP contribution is -2.34. The summed E-state index contributed by atoms with van der Waals surface area (Å²) in [7, 11) is -2.39. The second kappa shape index (κ2) is 9.18. The van der Waals surface area contributed by atoms with E-state index in [9.17, 15) is 22.8 Å². The summed E-state index contributed by atoms with van der Waals surface area (Å²) < 4.78 is 31.3. The van der Waals surface area contributed by atoms with E-state index in [1.54, 1.807) is 0 Å². The topological polar surface area (TPSA) is 107 Å². The van der Waals surface area contributed by atoms with E-state index < -0.39 is 33.8 Å². The molecule has 0 aromatic heterocycles. The van der Waals surface area contributed by atoms with Crippen molar-refractivity contribution < 1.29 is 31.8 Å². The van der Waals surface area contributed by atoms with E-state index in [2.05, 4.69) is 9.02 Å². The zero-order chi connectivity index (χ0) is 22.1. The molecule has 3 aliphatic carbocycles. The van der Waals surface area contributed by atoms with Gasteiger partial charge in [0.05, 0.1) is 25.2 Å². The maximum absolute atomic E-state index is 12.1. The van der Waals surface area contributed by atoms with Gasteiger partial charge in [-0.15, -0.1) is 9.35 Å². The number of nitrogens with zero attached hydrogens (tertiary/aromatic N) is 1. The molecule has 0 aromatic rings. The second-order valence-corrected chi connectivity index (χ2v) is 10.4. The van der Waals surface area contributed by atoms with Gasteiger partial charge in [-0.1, -0.05) is 25.5 Å². The smallest absolute Gasteiger partial charge is 0.305 e. The summed E-state index contributed by atoms with van der Waals surface area (Å²) in [5, 5.41) is 0.417. The minimum atomic E-state index is -3.88. The molecule has 2 amide bonds. The Bertz CT molecular complexity index is 821. The van der Waals surface area contributed by atoms with Crippen LogP contribution in [0.4, 0.5) is 0 Å². The molecule has 6 unspecified atom stereocenters. The molecule has 168 valence electrons. The lowest BCUT2D eigenvalue weighted by molar-refractivity contribution is -0.165. The molecule has 0 N–H and O–H groups in total. The van der Waals surface area contributed by atoms with Crippen molar-refractivity contribution in [3.8, 4) is 0 Å².